The summed E-state index contributed by atoms with van der Waals surface area (Å²) in [5.74, 6) is 0.111. The van der Waals surface area contributed by atoms with E-state index in [1.807, 2.05) is 10.6 Å². The highest BCUT2D eigenvalue weighted by molar-refractivity contribution is 5.78. The van der Waals surface area contributed by atoms with Crippen LogP contribution in [0.2, 0.25) is 0 Å². The molecule has 0 saturated carbocycles. The molecule has 0 fully saturated rings. The predicted molar refractivity (Wildman–Crippen MR) is 77.5 cm³/mol. The zero-order valence-electron chi connectivity index (χ0n) is 11.5. The second kappa shape index (κ2) is 6.55. The maximum atomic E-state index is 13.6. The van der Waals surface area contributed by atoms with Crippen LogP contribution in [0.5, 0.6) is 0 Å². The van der Waals surface area contributed by atoms with Crippen LogP contribution >= 0.6 is 0 Å². The van der Waals surface area contributed by atoms with Crippen molar-refractivity contribution in [1.82, 2.24) is 9.55 Å². The van der Waals surface area contributed by atoms with Crippen LogP contribution in [-0.2, 0) is 6.54 Å². The zero-order valence-corrected chi connectivity index (χ0v) is 11.5. The monoisotopic (exact) mass is 263 g/mol. The van der Waals surface area contributed by atoms with Crippen molar-refractivity contribution in [2.75, 3.05) is 5.73 Å². The lowest BCUT2D eigenvalue weighted by molar-refractivity contribution is 0.567. The summed E-state index contributed by atoms with van der Waals surface area (Å²) in [6.07, 6.45) is 7.38. The summed E-state index contributed by atoms with van der Waals surface area (Å²) in [5.41, 5.74) is 7.05. The molecule has 19 heavy (non-hydrogen) atoms. The lowest BCUT2D eigenvalue weighted by atomic mass is 10.1. The third-order valence-corrected chi connectivity index (χ3v) is 3.49. The molecule has 0 aliphatic rings. The quantitative estimate of drug-likeness (QED) is 0.764. The number of fused-ring (bicyclic) bond motifs is 1. The highest BCUT2D eigenvalue weighted by Crippen LogP contribution is 2.21. The minimum atomic E-state index is -0.300. The number of nitrogens with two attached hydrogens (primary N) is 1. The Morgan fingerprint density at radius 1 is 1.16 bits per heavy atom. The van der Waals surface area contributed by atoms with Gasteiger partial charge in [0.2, 0.25) is 5.95 Å². The van der Waals surface area contributed by atoms with Gasteiger partial charge in [-0.15, -0.1) is 0 Å². The van der Waals surface area contributed by atoms with Gasteiger partial charge in [-0.1, -0.05) is 45.1 Å². The number of hydrogen-bond acceptors (Lipinski definition) is 2. The van der Waals surface area contributed by atoms with Crippen LogP contribution in [0.25, 0.3) is 11.0 Å². The number of hydrogen-bond donors (Lipinski definition) is 1. The normalized spacial score (nSPS) is 11.3. The molecule has 3 nitrogen and oxygen atoms in total. The molecule has 0 atom stereocenters. The van der Waals surface area contributed by atoms with E-state index in [1.54, 1.807) is 6.07 Å². The first kappa shape index (κ1) is 13.8. The standard InChI is InChI=1S/C15H22FN3/c1-2-3-4-5-6-7-11-19-13-10-8-9-12(16)14(13)18-15(19)17/h8-10H,2-7,11H2,1H3,(H2,17,18). The number of para-hydroxylation sites is 1. The first-order valence-corrected chi connectivity index (χ1v) is 7.14. The number of benzene rings is 1. The molecule has 0 radical (unpaired) electrons. The minimum absolute atomic E-state index is 0.300. The molecule has 0 bridgehead atoms. The maximum Gasteiger partial charge on any atom is 0.201 e. The van der Waals surface area contributed by atoms with Crippen LogP contribution in [-0.4, -0.2) is 9.55 Å². The van der Waals surface area contributed by atoms with Gasteiger partial charge in [0.15, 0.2) is 5.82 Å². The fourth-order valence-electron chi connectivity index (χ4n) is 2.42. The van der Waals surface area contributed by atoms with Gasteiger partial charge in [0.1, 0.15) is 5.52 Å². The second-order valence-corrected chi connectivity index (χ2v) is 5.00. The summed E-state index contributed by atoms with van der Waals surface area (Å²) in [6, 6.07) is 5.00. The summed E-state index contributed by atoms with van der Waals surface area (Å²) in [5, 5.41) is 0. The summed E-state index contributed by atoms with van der Waals surface area (Å²) in [4.78, 5) is 4.11. The number of nitrogens with zero attached hydrogens (tertiary/aromatic N) is 2. The molecule has 0 aliphatic carbocycles. The van der Waals surface area contributed by atoms with E-state index in [1.165, 1.54) is 38.2 Å². The van der Waals surface area contributed by atoms with Gasteiger partial charge < -0.3 is 10.3 Å². The van der Waals surface area contributed by atoms with Gasteiger partial charge in [0.25, 0.3) is 0 Å². The molecular formula is C15H22FN3. The first-order valence-electron chi connectivity index (χ1n) is 7.14. The van der Waals surface area contributed by atoms with Crippen LogP contribution < -0.4 is 5.73 Å². The Hall–Kier alpha value is -1.58. The van der Waals surface area contributed by atoms with Gasteiger partial charge in [-0.2, -0.15) is 0 Å². The van der Waals surface area contributed by atoms with E-state index in [-0.39, 0.29) is 5.82 Å². The van der Waals surface area contributed by atoms with E-state index >= 15 is 0 Å². The third kappa shape index (κ3) is 3.25. The highest BCUT2D eigenvalue weighted by atomic mass is 19.1. The van der Waals surface area contributed by atoms with Crippen molar-refractivity contribution in [3.8, 4) is 0 Å². The predicted octanol–water partition coefficient (Wildman–Crippen LogP) is 4.12. The van der Waals surface area contributed by atoms with Crippen LogP contribution in [0.1, 0.15) is 45.4 Å². The van der Waals surface area contributed by atoms with Crippen molar-refractivity contribution in [2.24, 2.45) is 0 Å². The van der Waals surface area contributed by atoms with Gasteiger partial charge in [0, 0.05) is 6.54 Å². The molecule has 0 aliphatic heterocycles. The number of unbranched alkanes of at least 4 members (excludes halogenated alkanes) is 5. The van der Waals surface area contributed by atoms with Crippen LogP contribution in [0.4, 0.5) is 10.3 Å². The van der Waals surface area contributed by atoms with Crippen molar-refractivity contribution in [2.45, 2.75) is 52.0 Å². The first-order chi connectivity index (χ1) is 9.24. The number of imidazole rings is 1. The van der Waals surface area contributed by atoms with Crippen molar-refractivity contribution < 1.29 is 4.39 Å². The molecule has 2 aromatic rings. The Kier molecular flexibility index (Phi) is 4.77. The van der Waals surface area contributed by atoms with Gasteiger partial charge >= 0.3 is 0 Å². The van der Waals surface area contributed by atoms with Gasteiger partial charge in [-0.3, -0.25) is 0 Å². The lowest BCUT2D eigenvalue weighted by Gasteiger charge is -2.06. The molecule has 1 heterocycles. The van der Waals surface area contributed by atoms with Crippen molar-refractivity contribution in [3.63, 3.8) is 0 Å². The third-order valence-electron chi connectivity index (χ3n) is 3.49. The van der Waals surface area contributed by atoms with E-state index < -0.39 is 0 Å². The van der Waals surface area contributed by atoms with E-state index in [0.29, 0.717) is 11.5 Å². The molecule has 1 aromatic heterocycles. The Morgan fingerprint density at radius 3 is 2.68 bits per heavy atom. The molecular weight excluding hydrogens is 241 g/mol. The summed E-state index contributed by atoms with van der Waals surface area (Å²) < 4.78 is 15.5. The van der Waals surface area contributed by atoms with Crippen LogP contribution in [0.3, 0.4) is 0 Å². The number of rotatable bonds is 7. The fraction of sp³-hybridized carbons (Fsp3) is 0.533. The Bertz CT molecular complexity index is 533. The second-order valence-electron chi connectivity index (χ2n) is 5.00. The number of halogens is 1. The largest absolute Gasteiger partial charge is 0.369 e. The van der Waals surface area contributed by atoms with E-state index in [9.17, 15) is 4.39 Å². The van der Waals surface area contributed by atoms with Crippen molar-refractivity contribution >= 4 is 17.0 Å². The summed E-state index contributed by atoms with van der Waals surface area (Å²) in [6.45, 7) is 3.03. The van der Waals surface area contributed by atoms with Crippen molar-refractivity contribution in [1.29, 1.82) is 0 Å². The Labute approximate surface area is 113 Å². The number of nitrogen functional groups attached to an aromatic ring is 1. The van der Waals surface area contributed by atoms with Crippen LogP contribution in [0, 0.1) is 5.82 Å². The Balaban J connectivity index is 1.97. The minimum Gasteiger partial charge on any atom is -0.369 e. The molecule has 1 aromatic carbocycles. The lowest BCUT2D eigenvalue weighted by Crippen LogP contribution is -2.03. The highest BCUT2D eigenvalue weighted by Gasteiger charge is 2.10. The van der Waals surface area contributed by atoms with Crippen LogP contribution in [0.15, 0.2) is 18.2 Å². The average Bonchev–Trinajstić information content (AvgIpc) is 2.72. The smallest absolute Gasteiger partial charge is 0.201 e. The average molecular weight is 263 g/mol. The molecule has 104 valence electrons. The van der Waals surface area contributed by atoms with Crippen molar-refractivity contribution in [3.05, 3.63) is 24.0 Å². The fourth-order valence-corrected chi connectivity index (χ4v) is 2.42. The number of aromatic nitrogens is 2. The van der Waals surface area contributed by atoms with E-state index in [0.717, 1.165) is 18.5 Å². The molecule has 2 N–H and O–H groups in total. The molecule has 0 unspecified atom stereocenters. The molecule has 0 amide bonds. The number of anilines is 1. The molecule has 0 saturated heterocycles. The molecule has 4 heteroatoms. The van der Waals surface area contributed by atoms with Gasteiger partial charge in [-0.05, 0) is 18.6 Å². The SMILES string of the molecule is CCCCCCCCn1c(N)nc2c(F)cccc21. The van der Waals surface area contributed by atoms with E-state index in [2.05, 4.69) is 11.9 Å². The van der Waals surface area contributed by atoms with E-state index in [4.69, 9.17) is 5.73 Å². The number of aryl methyl sites for hydroxylation is 1. The summed E-state index contributed by atoms with van der Waals surface area (Å²) >= 11 is 0. The van der Waals surface area contributed by atoms with Gasteiger partial charge in [0.05, 0.1) is 5.52 Å². The molecule has 0 spiro atoms. The summed E-state index contributed by atoms with van der Waals surface area (Å²) in [7, 11) is 0. The Morgan fingerprint density at radius 2 is 1.89 bits per heavy atom. The topological polar surface area (TPSA) is 43.8 Å². The van der Waals surface area contributed by atoms with Gasteiger partial charge in [-0.25, -0.2) is 9.37 Å². The zero-order chi connectivity index (χ0) is 13.7. The molecule has 2 rings (SSSR count). The maximum absolute atomic E-state index is 13.6.